The Balaban J connectivity index is 1.67. The third-order valence-corrected chi connectivity index (χ3v) is 8.43. The number of methoxy groups -OCH3 is 1. The molecule has 218 valence electrons. The van der Waals surface area contributed by atoms with Gasteiger partial charge >= 0.3 is 5.97 Å². The summed E-state index contributed by atoms with van der Waals surface area (Å²) in [4.78, 5) is 46.9. The smallest absolute Gasteiger partial charge is 0.350 e. The highest BCUT2D eigenvalue weighted by Gasteiger charge is 2.45. The summed E-state index contributed by atoms with van der Waals surface area (Å²) >= 11 is 4.42. The monoisotopic (exact) mass is 652 g/mol. The molecule has 2 aromatic heterocycles. The lowest BCUT2D eigenvalue weighted by Crippen LogP contribution is -2.29. The molecular formula is C31H29BrN2O7S. The number of aromatic nitrogens is 1. The van der Waals surface area contributed by atoms with Crippen molar-refractivity contribution in [1.29, 1.82) is 0 Å². The van der Waals surface area contributed by atoms with E-state index in [0.717, 1.165) is 17.8 Å². The summed E-state index contributed by atoms with van der Waals surface area (Å²) in [5.41, 5.74) is 1.09. The number of carbonyl (C=O) groups excluding carboxylic acids is 2. The number of hydrogen-bond donors (Lipinski definition) is 0. The van der Waals surface area contributed by atoms with Gasteiger partial charge < -0.3 is 18.6 Å². The van der Waals surface area contributed by atoms with Crippen LogP contribution in [0.5, 0.6) is 11.5 Å². The van der Waals surface area contributed by atoms with E-state index in [0.29, 0.717) is 45.1 Å². The lowest BCUT2D eigenvalue weighted by Gasteiger charge is -2.23. The number of halogens is 1. The molecule has 2 aromatic carbocycles. The van der Waals surface area contributed by atoms with Crippen LogP contribution in [-0.4, -0.2) is 37.2 Å². The van der Waals surface area contributed by atoms with Gasteiger partial charge in [0.25, 0.3) is 5.91 Å². The highest BCUT2D eigenvalue weighted by Crippen LogP contribution is 2.45. The number of esters is 1. The maximum atomic E-state index is 14.0. The highest BCUT2D eigenvalue weighted by molar-refractivity contribution is 9.10. The van der Waals surface area contributed by atoms with E-state index in [-0.39, 0.29) is 39.0 Å². The molecule has 4 aromatic rings. The SMILES string of the molecule is C=CCOC(=O)c1sc(N2C(=O)c3oc4ccc(Br)cc4c(=O)c3C2c2ccc(OCCC(C)C)c(OC)c2)nc1C. The molecule has 1 atom stereocenters. The molecule has 0 bridgehead atoms. The molecule has 0 N–H and O–H groups in total. The number of aryl methyl sites for hydroxylation is 1. The van der Waals surface area contributed by atoms with Crippen LogP contribution >= 0.6 is 27.3 Å². The summed E-state index contributed by atoms with van der Waals surface area (Å²) < 4.78 is 23.6. The van der Waals surface area contributed by atoms with Crippen LogP contribution in [0, 0.1) is 12.8 Å². The van der Waals surface area contributed by atoms with Gasteiger partial charge in [-0.15, -0.1) is 0 Å². The van der Waals surface area contributed by atoms with Crippen molar-refractivity contribution in [2.75, 3.05) is 25.2 Å². The number of carbonyl (C=O) groups is 2. The number of ether oxygens (including phenoxy) is 3. The molecule has 1 aliphatic rings. The third-order valence-electron chi connectivity index (χ3n) is 6.80. The van der Waals surface area contributed by atoms with Crippen LogP contribution in [0.25, 0.3) is 11.0 Å². The van der Waals surface area contributed by atoms with Crippen LogP contribution in [0.4, 0.5) is 5.13 Å². The Hall–Kier alpha value is -3.96. The molecule has 0 fully saturated rings. The fourth-order valence-corrected chi connectivity index (χ4v) is 6.06. The molecule has 9 nitrogen and oxygen atoms in total. The van der Waals surface area contributed by atoms with Crippen LogP contribution < -0.4 is 19.8 Å². The quantitative estimate of drug-likeness (QED) is 0.135. The van der Waals surface area contributed by atoms with Crippen LogP contribution in [-0.2, 0) is 4.74 Å². The molecule has 5 rings (SSSR count). The van der Waals surface area contributed by atoms with E-state index in [1.165, 1.54) is 18.1 Å². The van der Waals surface area contributed by atoms with Gasteiger partial charge in [0.2, 0.25) is 5.76 Å². The van der Waals surface area contributed by atoms with Crippen molar-refractivity contribution in [2.45, 2.75) is 33.2 Å². The summed E-state index contributed by atoms with van der Waals surface area (Å²) in [6.07, 6.45) is 2.34. The fourth-order valence-electron chi connectivity index (χ4n) is 4.71. The molecule has 3 heterocycles. The van der Waals surface area contributed by atoms with Gasteiger partial charge in [-0.3, -0.25) is 14.5 Å². The number of hydrogen-bond acceptors (Lipinski definition) is 9. The first kappa shape index (κ1) is 29.5. The summed E-state index contributed by atoms with van der Waals surface area (Å²) in [5.74, 6) is 0.261. The first-order valence-corrected chi connectivity index (χ1v) is 14.9. The number of rotatable bonds is 10. The number of thiazole rings is 1. The molecule has 0 saturated heterocycles. The average Bonchev–Trinajstić information content (AvgIpc) is 3.49. The first-order chi connectivity index (χ1) is 20.1. The molecule has 1 amide bonds. The van der Waals surface area contributed by atoms with E-state index in [1.54, 1.807) is 43.3 Å². The topological polar surface area (TPSA) is 108 Å². The van der Waals surface area contributed by atoms with Crippen LogP contribution in [0.15, 0.2) is 62.7 Å². The van der Waals surface area contributed by atoms with Crippen LogP contribution in [0.3, 0.4) is 0 Å². The average molecular weight is 654 g/mol. The van der Waals surface area contributed by atoms with Crippen LogP contribution in [0.1, 0.15) is 63.4 Å². The zero-order chi connectivity index (χ0) is 30.1. The van der Waals surface area contributed by atoms with Gasteiger partial charge in [0, 0.05) is 4.47 Å². The Morgan fingerprint density at radius 1 is 1.21 bits per heavy atom. The van der Waals surface area contributed by atoms with Gasteiger partial charge in [0.1, 0.15) is 17.1 Å². The molecule has 1 unspecified atom stereocenters. The van der Waals surface area contributed by atoms with E-state index >= 15 is 0 Å². The van der Waals surface area contributed by atoms with Crippen molar-refractivity contribution in [2.24, 2.45) is 5.92 Å². The van der Waals surface area contributed by atoms with Crippen molar-refractivity contribution in [3.05, 3.63) is 91.2 Å². The predicted molar refractivity (Wildman–Crippen MR) is 164 cm³/mol. The van der Waals surface area contributed by atoms with Crippen molar-refractivity contribution < 1.29 is 28.2 Å². The minimum Gasteiger partial charge on any atom is -0.493 e. The number of anilines is 1. The lowest BCUT2D eigenvalue weighted by molar-refractivity contribution is 0.0554. The normalized spacial score (nSPS) is 14.4. The molecule has 0 radical (unpaired) electrons. The van der Waals surface area contributed by atoms with E-state index in [4.69, 9.17) is 18.6 Å². The van der Waals surface area contributed by atoms with Gasteiger partial charge in [0.15, 0.2) is 22.1 Å². The minimum atomic E-state index is -0.909. The Bertz CT molecular complexity index is 1760. The van der Waals surface area contributed by atoms with Crippen molar-refractivity contribution in [3.8, 4) is 11.5 Å². The van der Waals surface area contributed by atoms with Crippen molar-refractivity contribution in [3.63, 3.8) is 0 Å². The Labute approximate surface area is 254 Å². The second-order valence-corrected chi connectivity index (χ2v) is 12.0. The highest BCUT2D eigenvalue weighted by atomic mass is 79.9. The molecule has 0 saturated carbocycles. The molecule has 0 aliphatic carbocycles. The Kier molecular flexibility index (Phi) is 8.51. The van der Waals surface area contributed by atoms with Crippen LogP contribution in [0.2, 0.25) is 0 Å². The Morgan fingerprint density at radius 3 is 2.71 bits per heavy atom. The van der Waals surface area contributed by atoms with Crippen molar-refractivity contribution in [1.82, 2.24) is 4.98 Å². The third kappa shape index (κ3) is 5.46. The molecular weight excluding hydrogens is 624 g/mol. The molecule has 1 aliphatic heterocycles. The lowest BCUT2D eigenvalue weighted by atomic mass is 9.98. The Morgan fingerprint density at radius 2 is 2.00 bits per heavy atom. The summed E-state index contributed by atoms with van der Waals surface area (Å²) in [7, 11) is 1.53. The second-order valence-electron chi connectivity index (χ2n) is 10.1. The standard InChI is InChI=1S/C31H29BrN2O7S/c1-6-12-40-30(37)28-17(4)33-31(42-28)34-25(18-7-9-22(23(14-18)38-5)39-13-11-16(2)3)24-26(35)20-15-19(32)8-10-21(20)41-27(24)29(34)36/h6-10,14-16,25H,1,11-13H2,2-5H3. The van der Waals surface area contributed by atoms with E-state index in [9.17, 15) is 14.4 Å². The van der Waals surface area contributed by atoms with Gasteiger partial charge in [-0.05, 0) is 55.2 Å². The van der Waals surface area contributed by atoms with Gasteiger partial charge in [0.05, 0.1) is 36.4 Å². The van der Waals surface area contributed by atoms with E-state index < -0.39 is 17.9 Å². The predicted octanol–water partition coefficient (Wildman–Crippen LogP) is 6.85. The first-order valence-electron chi connectivity index (χ1n) is 13.3. The summed E-state index contributed by atoms with van der Waals surface area (Å²) in [5, 5.41) is 0.549. The second kappa shape index (κ2) is 12.1. The molecule has 11 heteroatoms. The maximum absolute atomic E-state index is 14.0. The van der Waals surface area contributed by atoms with Gasteiger partial charge in [-0.25, -0.2) is 9.78 Å². The number of nitrogens with zero attached hydrogens (tertiary/aromatic N) is 2. The number of fused-ring (bicyclic) bond motifs is 2. The zero-order valence-electron chi connectivity index (χ0n) is 23.6. The maximum Gasteiger partial charge on any atom is 0.350 e. The fraction of sp³-hybridized carbons (Fsp3) is 0.290. The largest absolute Gasteiger partial charge is 0.493 e. The van der Waals surface area contributed by atoms with Gasteiger partial charge in [-0.2, -0.15) is 0 Å². The summed E-state index contributed by atoms with van der Waals surface area (Å²) in [6, 6.07) is 9.43. The van der Waals surface area contributed by atoms with Gasteiger partial charge in [-0.1, -0.05) is 59.8 Å². The zero-order valence-corrected chi connectivity index (χ0v) is 26.0. The molecule has 42 heavy (non-hydrogen) atoms. The van der Waals surface area contributed by atoms with Crippen molar-refractivity contribution >= 4 is 55.2 Å². The number of amides is 1. The minimum absolute atomic E-state index is 0.0359. The molecule has 0 spiro atoms. The summed E-state index contributed by atoms with van der Waals surface area (Å²) in [6.45, 7) is 10.0. The van der Waals surface area contributed by atoms with E-state index in [1.807, 2.05) is 0 Å². The number of benzene rings is 2. The van der Waals surface area contributed by atoms with E-state index in [2.05, 4.69) is 41.3 Å².